The first kappa shape index (κ1) is 23.0. The molecule has 31 heavy (non-hydrogen) atoms. The highest BCUT2D eigenvalue weighted by Gasteiger charge is 2.30. The van der Waals surface area contributed by atoms with Crippen LogP contribution in [0.4, 0.5) is 18.0 Å². The normalized spacial score (nSPS) is 16.9. The Labute approximate surface area is 181 Å². The quantitative estimate of drug-likeness (QED) is 0.665. The summed E-state index contributed by atoms with van der Waals surface area (Å²) in [6.45, 7) is 2.89. The highest BCUT2D eigenvalue weighted by Crippen LogP contribution is 2.33. The third kappa shape index (κ3) is 5.95. The zero-order chi connectivity index (χ0) is 22.6. The van der Waals surface area contributed by atoms with Gasteiger partial charge in [0, 0.05) is 11.6 Å². The molecular formula is C20H23F3N4O3S. The minimum absolute atomic E-state index is 0.239. The Morgan fingerprint density at radius 1 is 1.26 bits per heavy atom. The number of thiazole rings is 1. The van der Waals surface area contributed by atoms with Crippen molar-refractivity contribution in [2.24, 2.45) is 0 Å². The lowest BCUT2D eigenvalue weighted by molar-refractivity contribution is -0.137. The van der Waals surface area contributed by atoms with E-state index in [1.165, 1.54) is 12.1 Å². The van der Waals surface area contributed by atoms with E-state index in [9.17, 15) is 22.8 Å². The van der Waals surface area contributed by atoms with E-state index in [4.69, 9.17) is 4.74 Å². The Hall–Kier alpha value is -2.66. The molecule has 11 heteroatoms. The molecule has 1 fully saturated rings. The number of benzene rings is 1. The first-order valence-electron chi connectivity index (χ1n) is 9.73. The average Bonchev–Trinajstić information content (AvgIpc) is 3.31. The Morgan fingerprint density at radius 2 is 1.97 bits per heavy atom. The number of nitrogens with one attached hydrogen (secondary N) is 2. The van der Waals surface area contributed by atoms with Gasteiger partial charge in [-0.05, 0) is 51.9 Å². The number of hydrazine groups is 1. The third-order valence-corrected chi connectivity index (χ3v) is 6.30. The molecule has 0 radical (unpaired) electrons. The van der Waals surface area contributed by atoms with Crippen molar-refractivity contribution in [2.75, 3.05) is 20.2 Å². The maximum absolute atomic E-state index is 12.7. The van der Waals surface area contributed by atoms with Gasteiger partial charge in [0.25, 0.3) is 5.91 Å². The second kappa shape index (κ2) is 9.65. The van der Waals surface area contributed by atoms with E-state index in [0.717, 1.165) is 49.3 Å². The topological polar surface area (TPSA) is 83.6 Å². The molecule has 2 heterocycles. The van der Waals surface area contributed by atoms with Crippen molar-refractivity contribution in [1.82, 2.24) is 20.7 Å². The van der Waals surface area contributed by atoms with Crippen LogP contribution in [0.5, 0.6) is 0 Å². The number of carbonyl (C=O) groups excluding carboxylic acids is 2. The van der Waals surface area contributed by atoms with Gasteiger partial charge in [0.15, 0.2) is 0 Å². The lowest BCUT2D eigenvalue weighted by Crippen LogP contribution is -2.42. The summed E-state index contributed by atoms with van der Waals surface area (Å²) in [5.41, 5.74) is 4.57. The maximum Gasteiger partial charge on any atom is 0.426 e. The van der Waals surface area contributed by atoms with Crippen LogP contribution in [0.2, 0.25) is 0 Å². The van der Waals surface area contributed by atoms with Crippen LogP contribution < -0.4 is 10.9 Å². The summed E-state index contributed by atoms with van der Waals surface area (Å²) in [6, 6.07) is 4.94. The standard InChI is InChI=1S/C20H23F3N4O3S/c1-12-16(31-18(24-12)13-5-7-14(8-6-13)20(21,22)23)17(28)25-26-19(29)30-11-9-15-4-3-10-27(15)2/h5-8,15H,3-4,9-11H2,1-2H3,(H,25,28)(H,26,29). The number of rotatable bonds is 5. The summed E-state index contributed by atoms with van der Waals surface area (Å²) >= 11 is 1.02. The molecule has 1 aliphatic heterocycles. The number of nitrogens with zero attached hydrogens (tertiary/aromatic N) is 2. The van der Waals surface area contributed by atoms with Gasteiger partial charge in [0.05, 0.1) is 17.9 Å². The summed E-state index contributed by atoms with van der Waals surface area (Å²) in [6.07, 6.45) is -2.26. The van der Waals surface area contributed by atoms with E-state index in [1.54, 1.807) is 6.92 Å². The molecule has 3 rings (SSSR count). The molecule has 2 aromatic rings. The van der Waals surface area contributed by atoms with E-state index in [-0.39, 0.29) is 11.5 Å². The van der Waals surface area contributed by atoms with Crippen LogP contribution >= 0.6 is 11.3 Å². The Morgan fingerprint density at radius 3 is 2.58 bits per heavy atom. The van der Waals surface area contributed by atoms with Crippen molar-refractivity contribution in [3.63, 3.8) is 0 Å². The fourth-order valence-electron chi connectivity index (χ4n) is 3.36. The SMILES string of the molecule is Cc1nc(-c2ccc(C(F)(F)F)cc2)sc1C(=O)NNC(=O)OCCC1CCCN1C. The number of likely N-dealkylation sites (tertiary alicyclic amines) is 1. The average molecular weight is 456 g/mol. The molecule has 2 N–H and O–H groups in total. The Kier molecular flexibility index (Phi) is 7.16. The number of halogens is 3. The number of hydrogen-bond donors (Lipinski definition) is 2. The minimum atomic E-state index is -4.42. The van der Waals surface area contributed by atoms with Crippen LogP contribution in [0.3, 0.4) is 0 Å². The molecular weight excluding hydrogens is 433 g/mol. The number of hydrogen-bond acceptors (Lipinski definition) is 6. The fourth-order valence-corrected chi connectivity index (χ4v) is 4.33. The van der Waals surface area contributed by atoms with Crippen LogP contribution in [-0.2, 0) is 10.9 Å². The molecule has 1 aliphatic rings. The molecule has 0 aliphatic carbocycles. The number of amides is 2. The van der Waals surface area contributed by atoms with E-state index in [0.29, 0.717) is 22.3 Å². The predicted octanol–water partition coefficient (Wildman–Crippen LogP) is 3.99. The largest absolute Gasteiger partial charge is 0.448 e. The first-order valence-corrected chi connectivity index (χ1v) is 10.5. The zero-order valence-electron chi connectivity index (χ0n) is 17.1. The van der Waals surface area contributed by atoms with Gasteiger partial charge >= 0.3 is 12.3 Å². The molecule has 0 bridgehead atoms. The number of alkyl halides is 3. The van der Waals surface area contributed by atoms with Crippen molar-refractivity contribution in [1.29, 1.82) is 0 Å². The molecule has 1 saturated heterocycles. The van der Waals surface area contributed by atoms with E-state index >= 15 is 0 Å². The van der Waals surface area contributed by atoms with Gasteiger partial charge in [-0.25, -0.2) is 15.2 Å². The second-order valence-corrected chi connectivity index (χ2v) is 8.29. The van der Waals surface area contributed by atoms with Crippen LogP contribution in [0.1, 0.15) is 40.2 Å². The van der Waals surface area contributed by atoms with Gasteiger partial charge in [0.2, 0.25) is 0 Å². The molecule has 168 valence electrons. The van der Waals surface area contributed by atoms with Crippen molar-refractivity contribution in [2.45, 2.75) is 38.4 Å². The van der Waals surface area contributed by atoms with Gasteiger partial charge in [-0.3, -0.25) is 10.2 Å². The Balaban J connectivity index is 1.51. The molecule has 0 saturated carbocycles. The molecule has 1 aromatic carbocycles. The summed E-state index contributed by atoms with van der Waals surface area (Å²) in [5.74, 6) is -0.583. The predicted molar refractivity (Wildman–Crippen MR) is 110 cm³/mol. The van der Waals surface area contributed by atoms with E-state index in [1.807, 2.05) is 7.05 Å². The number of aryl methyl sites for hydroxylation is 1. The number of carbonyl (C=O) groups is 2. The molecule has 2 amide bonds. The summed E-state index contributed by atoms with van der Waals surface area (Å²) in [7, 11) is 2.04. The lowest BCUT2D eigenvalue weighted by Gasteiger charge is -2.18. The van der Waals surface area contributed by atoms with Crippen molar-refractivity contribution >= 4 is 23.3 Å². The van der Waals surface area contributed by atoms with Gasteiger partial charge in [-0.2, -0.15) is 13.2 Å². The van der Waals surface area contributed by atoms with Crippen molar-refractivity contribution in [3.8, 4) is 10.6 Å². The smallest absolute Gasteiger partial charge is 0.426 e. The van der Waals surface area contributed by atoms with Crippen molar-refractivity contribution in [3.05, 3.63) is 40.4 Å². The molecule has 1 aromatic heterocycles. The highest BCUT2D eigenvalue weighted by atomic mass is 32.1. The zero-order valence-corrected chi connectivity index (χ0v) is 17.9. The summed E-state index contributed by atoms with van der Waals surface area (Å²) < 4.78 is 43.2. The molecule has 1 atom stereocenters. The van der Waals surface area contributed by atoms with Gasteiger partial charge in [-0.1, -0.05) is 12.1 Å². The van der Waals surface area contributed by atoms with Crippen LogP contribution in [-0.4, -0.2) is 48.1 Å². The summed E-state index contributed by atoms with van der Waals surface area (Å²) in [4.78, 5) is 30.9. The lowest BCUT2D eigenvalue weighted by atomic mass is 10.1. The Bertz CT molecular complexity index is 931. The van der Waals surface area contributed by atoms with Gasteiger partial charge in [-0.15, -0.1) is 11.3 Å². The summed E-state index contributed by atoms with van der Waals surface area (Å²) in [5, 5.41) is 0.402. The van der Waals surface area contributed by atoms with Crippen LogP contribution in [0, 0.1) is 6.92 Å². The third-order valence-electron chi connectivity index (χ3n) is 5.10. The van der Waals surface area contributed by atoms with E-state index in [2.05, 4.69) is 20.7 Å². The second-order valence-electron chi connectivity index (χ2n) is 7.29. The molecule has 0 spiro atoms. The number of ether oxygens (including phenoxy) is 1. The monoisotopic (exact) mass is 456 g/mol. The number of aromatic nitrogens is 1. The van der Waals surface area contributed by atoms with Gasteiger partial charge in [0.1, 0.15) is 9.88 Å². The van der Waals surface area contributed by atoms with Crippen LogP contribution in [0.15, 0.2) is 24.3 Å². The molecule has 1 unspecified atom stereocenters. The van der Waals surface area contributed by atoms with Crippen molar-refractivity contribution < 1.29 is 27.5 Å². The highest BCUT2D eigenvalue weighted by molar-refractivity contribution is 7.17. The van der Waals surface area contributed by atoms with E-state index < -0.39 is 23.7 Å². The minimum Gasteiger partial charge on any atom is -0.448 e. The maximum atomic E-state index is 12.7. The van der Waals surface area contributed by atoms with Gasteiger partial charge < -0.3 is 9.64 Å². The fraction of sp³-hybridized carbons (Fsp3) is 0.450. The first-order chi connectivity index (χ1) is 14.6. The van der Waals surface area contributed by atoms with Crippen LogP contribution in [0.25, 0.3) is 10.6 Å². The molecule has 7 nitrogen and oxygen atoms in total.